The molecule has 0 unspecified atom stereocenters. The molecule has 2 heterocycles. The number of allylic oxidation sites excluding steroid dienone is 8. The van der Waals surface area contributed by atoms with Crippen LogP contribution in [-0.2, 0) is 0 Å². The molecule has 0 aliphatic heterocycles. The average Bonchev–Trinajstić information content (AvgIpc) is 3.94. The third kappa shape index (κ3) is 8.48. The van der Waals surface area contributed by atoms with Crippen LogP contribution in [0.15, 0.2) is 259 Å². The fourth-order valence-electron chi connectivity index (χ4n) is 8.30. The van der Waals surface area contributed by atoms with E-state index in [2.05, 4.69) is 200 Å². The quantitative estimate of drug-likeness (QED) is 0.129. The average molecular weight is 825 g/mol. The molecule has 10 aromatic rings. The highest BCUT2D eigenvalue weighted by atomic mass is 16.3. The van der Waals surface area contributed by atoms with E-state index in [-0.39, 0.29) is 0 Å². The molecule has 0 radical (unpaired) electrons. The number of rotatable bonds is 10. The van der Waals surface area contributed by atoms with E-state index >= 15 is 0 Å². The number of para-hydroxylation sites is 2. The lowest BCUT2D eigenvalue weighted by molar-refractivity contribution is 0.620. The summed E-state index contributed by atoms with van der Waals surface area (Å²) in [7, 11) is 0. The molecule has 0 amide bonds. The van der Waals surface area contributed by atoms with Gasteiger partial charge in [0.1, 0.15) is 5.52 Å². The summed E-state index contributed by atoms with van der Waals surface area (Å²) in [5.74, 6) is 0.620. The molecule has 0 saturated heterocycles. The van der Waals surface area contributed by atoms with Gasteiger partial charge < -0.3 is 8.98 Å². The largest absolute Gasteiger partial charge is 0.436 e. The summed E-state index contributed by atoms with van der Waals surface area (Å²) in [5.41, 5.74) is 17.7. The maximum atomic E-state index is 6.29. The molecule has 3 heteroatoms. The van der Waals surface area contributed by atoms with Crippen LogP contribution in [0.4, 0.5) is 0 Å². The molecular weight excluding hydrogens is 777 g/mol. The third-order valence-electron chi connectivity index (χ3n) is 11.5. The lowest BCUT2D eigenvalue weighted by atomic mass is 9.89. The summed E-state index contributed by atoms with van der Waals surface area (Å²) < 4.78 is 8.65. The molecule has 8 aromatic carbocycles. The minimum Gasteiger partial charge on any atom is -0.436 e. The number of benzene rings is 8. The first-order chi connectivity index (χ1) is 31.5. The Bertz CT molecular complexity index is 3360. The Kier molecular flexibility index (Phi) is 12.1. The van der Waals surface area contributed by atoms with Crippen LogP contribution in [0.1, 0.15) is 13.8 Å². The maximum absolute atomic E-state index is 6.29. The summed E-state index contributed by atoms with van der Waals surface area (Å²) in [5, 5.41) is 2.49. The molecule has 0 aliphatic rings. The molecule has 0 bridgehead atoms. The fraction of sp³-hybridized carbons (Fsp3) is 0.0328. The Morgan fingerprint density at radius 2 is 1.11 bits per heavy atom. The van der Waals surface area contributed by atoms with Crippen molar-refractivity contribution < 1.29 is 4.42 Å². The zero-order valence-corrected chi connectivity index (χ0v) is 36.2. The second-order valence-corrected chi connectivity index (χ2v) is 15.7. The fourth-order valence-corrected chi connectivity index (χ4v) is 8.30. The lowest BCUT2D eigenvalue weighted by Gasteiger charge is -2.15. The van der Waals surface area contributed by atoms with Crippen LogP contribution in [0.3, 0.4) is 0 Å². The first-order valence-corrected chi connectivity index (χ1v) is 21.6. The predicted octanol–water partition coefficient (Wildman–Crippen LogP) is 17.1. The van der Waals surface area contributed by atoms with Crippen molar-refractivity contribution in [3.05, 3.63) is 255 Å². The molecular formula is C61H48N2O. The van der Waals surface area contributed by atoms with E-state index in [0.29, 0.717) is 5.89 Å². The third-order valence-corrected chi connectivity index (χ3v) is 11.5. The van der Waals surface area contributed by atoms with Gasteiger partial charge in [0, 0.05) is 22.0 Å². The van der Waals surface area contributed by atoms with E-state index in [4.69, 9.17) is 9.40 Å². The molecule has 64 heavy (non-hydrogen) atoms. The topological polar surface area (TPSA) is 31.0 Å². The number of oxazole rings is 1. The zero-order chi connectivity index (χ0) is 43.8. The number of nitrogens with zero attached hydrogens (tertiary/aromatic N) is 2. The Hall–Kier alpha value is -8.27. The van der Waals surface area contributed by atoms with Crippen LogP contribution >= 0.6 is 0 Å². The van der Waals surface area contributed by atoms with Crippen molar-refractivity contribution in [3.63, 3.8) is 0 Å². The van der Waals surface area contributed by atoms with Gasteiger partial charge in [-0.1, -0.05) is 195 Å². The number of hydrogen-bond acceptors (Lipinski definition) is 2. The highest BCUT2D eigenvalue weighted by Gasteiger charge is 2.17. The monoisotopic (exact) mass is 824 g/mol. The molecule has 10 rings (SSSR count). The minimum absolute atomic E-state index is 0.620. The summed E-state index contributed by atoms with van der Waals surface area (Å²) in [4.78, 5) is 4.82. The molecule has 0 aliphatic carbocycles. The molecule has 3 nitrogen and oxygen atoms in total. The molecule has 0 fully saturated rings. The molecule has 0 saturated carbocycles. The van der Waals surface area contributed by atoms with Gasteiger partial charge in [-0.3, -0.25) is 0 Å². The van der Waals surface area contributed by atoms with Crippen molar-refractivity contribution in [2.24, 2.45) is 0 Å². The van der Waals surface area contributed by atoms with E-state index in [9.17, 15) is 0 Å². The summed E-state index contributed by atoms with van der Waals surface area (Å²) >= 11 is 0. The minimum atomic E-state index is 0.620. The Morgan fingerprint density at radius 1 is 0.531 bits per heavy atom. The lowest BCUT2D eigenvalue weighted by Crippen LogP contribution is -1.93. The van der Waals surface area contributed by atoms with Gasteiger partial charge in [-0.2, -0.15) is 0 Å². The van der Waals surface area contributed by atoms with Gasteiger partial charge in [-0.05, 0) is 119 Å². The van der Waals surface area contributed by atoms with E-state index in [1.54, 1.807) is 6.08 Å². The highest BCUT2D eigenvalue weighted by Crippen LogP contribution is 2.41. The molecule has 308 valence electrons. The Balaban J connectivity index is 0.000000381. The molecule has 2 aromatic heterocycles. The van der Waals surface area contributed by atoms with Crippen LogP contribution in [0.2, 0.25) is 0 Å². The van der Waals surface area contributed by atoms with Gasteiger partial charge in [0.15, 0.2) is 5.58 Å². The number of fused-ring (bicyclic) bond motifs is 4. The van der Waals surface area contributed by atoms with Crippen LogP contribution in [-0.4, -0.2) is 9.55 Å². The van der Waals surface area contributed by atoms with Crippen LogP contribution in [0.5, 0.6) is 0 Å². The van der Waals surface area contributed by atoms with Crippen molar-refractivity contribution >= 4 is 32.9 Å². The number of hydrogen-bond donors (Lipinski definition) is 0. The van der Waals surface area contributed by atoms with Gasteiger partial charge in [-0.25, -0.2) is 4.98 Å². The first kappa shape index (κ1) is 41.1. The van der Waals surface area contributed by atoms with Crippen molar-refractivity contribution in [3.8, 4) is 61.6 Å². The van der Waals surface area contributed by atoms with Gasteiger partial charge in [-0.15, -0.1) is 0 Å². The van der Waals surface area contributed by atoms with Gasteiger partial charge >= 0.3 is 0 Å². The van der Waals surface area contributed by atoms with E-state index in [1.807, 2.05) is 56.4 Å². The first-order valence-electron chi connectivity index (χ1n) is 21.6. The predicted molar refractivity (Wildman–Crippen MR) is 273 cm³/mol. The van der Waals surface area contributed by atoms with Crippen molar-refractivity contribution in [1.29, 1.82) is 0 Å². The molecule has 0 atom stereocenters. The normalized spacial score (nSPS) is 11.7. The number of aromatic nitrogens is 2. The van der Waals surface area contributed by atoms with Crippen molar-refractivity contribution in [2.75, 3.05) is 0 Å². The highest BCUT2D eigenvalue weighted by molar-refractivity contribution is 6.11. The van der Waals surface area contributed by atoms with E-state index in [1.165, 1.54) is 49.6 Å². The van der Waals surface area contributed by atoms with E-state index < -0.39 is 0 Å². The Labute approximate surface area is 375 Å². The van der Waals surface area contributed by atoms with Crippen molar-refractivity contribution in [1.82, 2.24) is 9.55 Å². The maximum Gasteiger partial charge on any atom is 0.227 e. The Morgan fingerprint density at radius 3 is 1.80 bits per heavy atom. The second kappa shape index (κ2) is 18.8. The smallest absolute Gasteiger partial charge is 0.227 e. The van der Waals surface area contributed by atoms with Crippen LogP contribution in [0, 0.1) is 0 Å². The van der Waals surface area contributed by atoms with Gasteiger partial charge in [0.25, 0.3) is 0 Å². The zero-order valence-electron chi connectivity index (χ0n) is 36.2. The standard InChI is InChI=1S/C49H32N2O.C12H16/c1-3-13-33(14-4-1)36-27-29-45-48(32-36)52-49(50-45)35-25-23-34(24-26-35)39-17-7-9-19-41(39)42-20-10-8-18-40(42)37-28-30-47-44(31-37)43-21-11-12-22-46(43)51(47)38-15-5-2-6-16-38;1-5-7-9-12(11(3)4)10-8-6-2/h1-32H;5-10H,1,3H2,2,4H3/b;8-6-,9-7-,12-10-. The van der Waals surface area contributed by atoms with Crippen LogP contribution < -0.4 is 0 Å². The van der Waals surface area contributed by atoms with E-state index in [0.717, 1.165) is 50.2 Å². The van der Waals surface area contributed by atoms with Crippen LogP contribution in [0.25, 0.3) is 94.6 Å². The second-order valence-electron chi connectivity index (χ2n) is 15.7. The van der Waals surface area contributed by atoms with Gasteiger partial charge in [0.2, 0.25) is 5.89 Å². The molecule has 0 spiro atoms. The SMILES string of the molecule is C=C\C=C/C(=C/C=C\C)C(=C)C.c1ccc(-c2ccc3nc(-c4ccc(-c5ccccc5-c5ccccc5-c5ccc6c(c5)c5ccccc5n6-c5ccccc5)cc4)oc3c2)cc1. The summed E-state index contributed by atoms with van der Waals surface area (Å²) in [6, 6.07) is 68.7. The van der Waals surface area contributed by atoms with Gasteiger partial charge in [0.05, 0.1) is 11.0 Å². The van der Waals surface area contributed by atoms with Crippen molar-refractivity contribution in [2.45, 2.75) is 13.8 Å². The molecule has 0 N–H and O–H groups in total. The summed E-state index contributed by atoms with van der Waals surface area (Å²) in [6.45, 7) is 11.5. The summed E-state index contributed by atoms with van der Waals surface area (Å²) in [6.07, 6.45) is 11.7.